The number of aromatic nitrogens is 2. The molecule has 3 aromatic rings. The summed E-state index contributed by atoms with van der Waals surface area (Å²) in [5.74, 6) is 1.97. The van der Waals surface area contributed by atoms with Crippen LogP contribution in [0.1, 0.15) is 24.0 Å². The van der Waals surface area contributed by atoms with Gasteiger partial charge in [-0.05, 0) is 50.1 Å². The summed E-state index contributed by atoms with van der Waals surface area (Å²) < 4.78 is 38.3. The summed E-state index contributed by atoms with van der Waals surface area (Å²) in [7, 11) is 0.322. The first-order valence-corrected chi connectivity index (χ1v) is 17.5. The fourth-order valence-electron chi connectivity index (χ4n) is 6.32. The van der Waals surface area contributed by atoms with E-state index in [-0.39, 0.29) is 5.02 Å². The van der Waals surface area contributed by atoms with E-state index in [0.29, 0.717) is 53.7 Å². The number of fused-ring (bicyclic) bond motifs is 1. The minimum absolute atomic E-state index is 0.269. The molecule has 3 aliphatic rings. The van der Waals surface area contributed by atoms with Gasteiger partial charge in [-0.2, -0.15) is 4.98 Å². The highest BCUT2D eigenvalue weighted by atomic mass is 35.5. The Kier molecular flexibility index (Phi) is 9.14. The van der Waals surface area contributed by atoms with E-state index in [1.165, 1.54) is 11.9 Å². The molecule has 14 heteroatoms. The molecular weight excluding hydrogens is 616 g/mol. The standard InChI is InChI=1S/C31H41ClN8O4S/c1-20-15-26(29(43-3)18-27(20)40-8-5-22(6-9-40)39-12-10-38(2)11-13-39)35-31-33-19-23(32)30(36-31)34-24-17-28-21(7-14-44-28)16-25(24)37-45(4,41)42/h15-19,22,37H,5-14H2,1-4H3,(H2,33,34,35,36). The minimum Gasteiger partial charge on any atom is -0.494 e. The zero-order valence-corrected chi connectivity index (χ0v) is 27.8. The molecule has 0 aliphatic carbocycles. The summed E-state index contributed by atoms with van der Waals surface area (Å²) in [6, 6.07) is 8.30. The Hall–Kier alpha value is -3.52. The topological polar surface area (TPSA) is 124 Å². The van der Waals surface area contributed by atoms with Gasteiger partial charge in [0.1, 0.15) is 16.5 Å². The summed E-state index contributed by atoms with van der Waals surface area (Å²) in [5.41, 5.74) is 4.78. The molecular formula is C31H41ClN8O4S. The average molecular weight is 657 g/mol. The third-order valence-electron chi connectivity index (χ3n) is 8.75. The van der Waals surface area contributed by atoms with Crippen LogP contribution >= 0.6 is 11.6 Å². The molecule has 2 saturated heterocycles. The van der Waals surface area contributed by atoms with Gasteiger partial charge in [0.2, 0.25) is 16.0 Å². The molecule has 0 saturated carbocycles. The lowest BCUT2D eigenvalue weighted by molar-refractivity contribution is 0.0982. The van der Waals surface area contributed by atoms with Gasteiger partial charge < -0.3 is 29.9 Å². The fourth-order valence-corrected chi connectivity index (χ4v) is 7.03. The maximum absolute atomic E-state index is 12.1. The van der Waals surface area contributed by atoms with Crippen molar-refractivity contribution in [3.63, 3.8) is 0 Å². The van der Waals surface area contributed by atoms with Crippen LogP contribution in [0.15, 0.2) is 30.5 Å². The number of benzene rings is 2. The fraction of sp³-hybridized carbons (Fsp3) is 0.484. The van der Waals surface area contributed by atoms with Gasteiger partial charge in [-0.3, -0.25) is 9.62 Å². The van der Waals surface area contributed by atoms with Crippen molar-refractivity contribution in [1.29, 1.82) is 0 Å². The molecule has 0 spiro atoms. The van der Waals surface area contributed by atoms with Crippen molar-refractivity contribution in [2.24, 2.45) is 0 Å². The van der Waals surface area contributed by atoms with Crippen LogP contribution in [0.2, 0.25) is 5.02 Å². The van der Waals surface area contributed by atoms with Gasteiger partial charge in [0.25, 0.3) is 0 Å². The predicted molar refractivity (Wildman–Crippen MR) is 180 cm³/mol. The zero-order valence-electron chi connectivity index (χ0n) is 26.2. The van der Waals surface area contributed by atoms with Crippen LogP contribution in [-0.2, 0) is 16.4 Å². The molecule has 3 aliphatic heterocycles. The minimum atomic E-state index is -3.53. The number of nitrogens with zero attached hydrogens (tertiary/aromatic N) is 5. The summed E-state index contributed by atoms with van der Waals surface area (Å²) >= 11 is 6.49. The van der Waals surface area contributed by atoms with Gasteiger partial charge in [0.05, 0.1) is 43.2 Å². The second-order valence-corrected chi connectivity index (χ2v) is 14.2. The molecule has 2 fully saturated rings. The van der Waals surface area contributed by atoms with E-state index in [4.69, 9.17) is 21.1 Å². The Labute approximate surface area is 270 Å². The summed E-state index contributed by atoms with van der Waals surface area (Å²) in [4.78, 5) is 16.5. The van der Waals surface area contributed by atoms with E-state index in [0.717, 1.165) is 75.2 Å². The number of hydrogen-bond donors (Lipinski definition) is 3. The number of ether oxygens (including phenoxy) is 2. The highest BCUT2D eigenvalue weighted by Gasteiger charge is 2.28. The second-order valence-electron chi connectivity index (χ2n) is 12.0. The Morgan fingerprint density at radius 3 is 2.47 bits per heavy atom. The third-order valence-corrected chi connectivity index (χ3v) is 9.61. The van der Waals surface area contributed by atoms with Crippen LogP contribution in [0.25, 0.3) is 0 Å². The Balaban J connectivity index is 1.18. The number of piperidine rings is 1. The first-order chi connectivity index (χ1) is 21.6. The summed E-state index contributed by atoms with van der Waals surface area (Å²) in [5, 5.41) is 6.72. The Morgan fingerprint density at radius 1 is 1.00 bits per heavy atom. The SMILES string of the molecule is COc1cc(N2CCC(N3CCN(C)CC3)CC2)c(C)cc1Nc1ncc(Cl)c(Nc2cc3c(cc2NS(C)(=O)=O)CCO3)n1. The zero-order chi connectivity index (χ0) is 31.7. The number of anilines is 6. The first kappa shape index (κ1) is 31.5. The van der Waals surface area contributed by atoms with Crippen molar-refractivity contribution in [1.82, 2.24) is 19.8 Å². The van der Waals surface area contributed by atoms with Crippen molar-refractivity contribution in [3.05, 3.63) is 46.6 Å². The Morgan fingerprint density at radius 2 is 1.76 bits per heavy atom. The number of hydrogen-bond acceptors (Lipinski definition) is 11. The largest absolute Gasteiger partial charge is 0.494 e. The van der Waals surface area contributed by atoms with Crippen molar-refractivity contribution < 1.29 is 17.9 Å². The van der Waals surface area contributed by atoms with Gasteiger partial charge in [-0.15, -0.1) is 0 Å². The maximum Gasteiger partial charge on any atom is 0.229 e. The summed E-state index contributed by atoms with van der Waals surface area (Å²) in [6.07, 6.45) is 5.60. The van der Waals surface area contributed by atoms with E-state index in [1.54, 1.807) is 19.2 Å². The van der Waals surface area contributed by atoms with E-state index < -0.39 is 10.0 Å². The number of halogens is 1. The van der Waals surface area contributed by atoms with Gasteiger partial charge >= 0.3 is 0 Å². The van der Waals surface area contributed by atoms with Crippen molar-refractivity contribution in [3.8, 4) is 11.5 Å². The molecule has 12 nitrogen and oxygen atoms in total. The van der Waals surface area contributed by atoms with Crippen molar-refractivity contribution in [2.45, 2.75) is 32.2 Å². The molecule has 4 heterocycles. The maximum atomic E-state index is 12.1. The van der Waals surface area contributed by atoms with Crippen LogP contribution in [0, 0.1) is 6.92 Å². The lowest BCUT2D eigenvalue weighted by Crippen LogP contribution is -2.52. The van der Waals surface area contributed by atoms with Gasteiger partial charge in [0.15, 0.2) is 5.82 Å². The molecule has 0 radical (unpaired) electrons. The lowest BCUT2D eigenvalue weighted by atomic mass is 10.0. The molecule has 2 aromatic carbocycles. The van der Waals surface area contributed by atoms with Crippen LogP contribution in [-0.4, -0.2) is 101 Å². The lowest BCUT2D eigenvalue weighted by Gasteiger charge is -2.43. The van der Waals surface area contributed by atoms with Crippen LogP contribution in [0.4, 0.5) is 34.5 Å². The number of methoxy groups -OCH3 is 1. The molecule has 3 N–H and O–H groups in total. The van der Waals surface area contributed by atoms with Gasteiger partial charge in [-0.1, -0.05) is 11.6 Å². The number of aryl methyl sites for hydroxylation is 1. The Bertz CT molecular complexity index is 1660. The smallest absolute Gasteiger partial charge is 0.229 e. The average Bonchev–Trinajstić information content (AvgIpc) is 3.46. The van der Waals surface area contributed by atoms with E-state index in [9.17, 15) is 8.42 Å². The molecule has 1 aromatic heterocycles. The third kappa shape index (κ3) is 7.32. The van der Waals surface area contributed by atoms with Crippen LogP contribution in [0.5, 0.6) is 11.5 Å². The number of piperazine rings is 1. The normalized spacial score (nSPS) is 17.9. The highest BCUT2D eigenvalue weighted by molar-refractivity contribution is 7.92. The van der Waals surface area contributed by atoms with Gasteiger partial charge in [-0.25, -0.2) is 13.4 Å². The van der Waals surface area contributed by atoms with E-state index >= 15 is 0 Å². The number of rotatable bonds is 9. The van der Waals surface area contributed by atoms with Crippen LogP contribution in [0.3, 0.4) is 0 Å². The number of nitrogens with one attached hydrogen (secondary N) is 3. The predicted octanol–water partition coefficient (Wildman–Crippen LogP) is 4.46. The monoisotopic (exact) mass is 656 g/mol. The van der Waals surface area contributed by atoms with Crippen molar-refractivity contribution >= 4 is 56.1 Å². The molecule has 0 bridgehead atoms. The highest BCUT2D eigenvalue weighted by Crippen LogP contribution is 2.39. The quantitative estimate of drug-likeness (QED) is 0.303. The van der Waals surface area contributed by atoms with E-state index in [1.807, 2.05) is 0 Å². The van der Waals surface area contributed by atoms with Crippen LogP contribution < -0.4 is 29.7 Å². The van der Waals surface area contributed by atoms with Gasteiger partial charge in [0, 0.05) is 69.6 Å². The molecule has 0 unspecified atom stereocenters. The number of sulfonamides is 1. The number of likely N-dealkylation sites (N-methyl/N-ethyl adjacent to an activating group) is 1. The van der Waals surface area contributed by atoms with Crippen molar-refractivity contribution in [2.75, 3.05) is 86.5 Å². The molecule has 45 heavy (non-hydrogen) atoms. The molecule has 6 rings (SSSR count). The molecule has 0 amide bonds. The first-order valence-electron chi connectivity index (χ1n) is 15.3. The molecule has 0 atom stereocenters. The summed E-state index contributed by atoms with van der Waals surface area (Å²) in [6.45, 7) is 9.25. The second kappa shape index (κ2) is 13.1. The van der Waals surface area contributed by atoms with E-state index in [2.05, 4.69) is 66.1 Å². The molecule has 242 valence electrons.